The highest BCUT2D eigenvalue weighted by molar-refractivity contribution is 5.87. The number of carbonyl (C=O) groups is 2. The molecule has 5 heteroatoms. The first-order valence-electron chi connectivity index (χ1n) is 6.80. The first-order chi connectivity index (χ1) is 8.55. The highest BCUT2D eigenvalue weighted by atomic mass is 16.4. The SMILES string of the molecule is CCCC1(C(=O)NC(CC)C(=O)O)CCCNC1. The van der Waals surface area contributed by atoms with Gasteiger partial charge in [0.1, 0.15) is 6.04 Å². The van der Waals surface area contributed by atoms with E-state index in [1.165, 1.54) is 0 Å². The van der Waals surface area contributed by atoms with E-state index in [0.29, 0.717) is 13.0 Å². The molecule has 1 fully saturated rings. The van der Waals surface area contributed by atoms with Crippen LogP contribution in [0, 0.1) is 5.41 Å². The lowest BCUT2D eigenvalue weighted by Gasteiger charge is -2.36. The van der Waals surface area contributed by atoms with Crippen molar-refractivity contribution >= 4 is 11.9 Å². The smallest absolute Gasteiger partial charge is 0.326 e. The number of carboxylic acids is 1. The summed E-state index contributed by atoms with van der Waals surface area (Å²) in [5, 5.41) is 14.9. The average molecular weight is 256 g/mol. The zero-order valence-corrected chi connectivity index (χ0v) is 11.3. The first kappa shape index (κ1) is 15.0. The number of piperidine rings is 1. The molecule has 1 rings (SSSR count). The third-order valence-electron chi connectivity index (χ3n) is 3.69. The lowest BCUT2D eigenvalue weighted by molar-refractivity contribution is -0.144. The largest absolute Gasteiger partial charge is 0.480 e. The molecule has 0 bridgehead atoms. The number of carbonyl (C=O) groups excluding carboxylic acids is 1. The molecule has 1 aliphatic heterocycles. The fraction of sp³-hybridized carbons (Fsp3) is 0.846. The Hall–Kier alpha value is -1.10. The van der Waals surface area contributed by atoms with Crippen molar-refractivity contribution in [2.24, 2.45) is 5.41 Å². The van der Waals surface area contributed by atoms with Crippen molar-refractivity contribution in [3.05, 3.63) is 0 Å². The molecule has 1 aliphatic rings. The molecule has 18 heavy (non-hydrogen) atoms. The van der Waals surface area contributed by atoms with Crippen LogP contribution in [-0.4, -0.2) is 36.1 Å². The van der Waals surface area contributed by atoms with Gasteiger partial charge in [0.25, 0.3) is 0 Å². The zero-order chi connectivity index (χ0) is 13.6. The minimum absolute atomic E-state index is 0.106. The van der Waals surface area contributed by atoms with Gasteiger partial charge in [-0.15, -0.1) is 0 Å². The van der Waals surface area contributed by atoms with E-state index >= 15 is 0 Å². The summed E-state index contributed by atoms with van der Waals surface area (Å²) < 4.78 is 0. The Morgan fingerprint density at radius 1 is 1.44 bits per heavy atom. The minimum Gasteiger partial charge on any atom is -0.480 e. The summed E-state index contributed by atoms with van der Waals surface area (Å²) in [6, 6.07) is -0.770. The van der Waals surface area contributed by atoms with E-state index in [9.17, 15) is 9.59 Å². The Kier molecular flexibility index (Phi) is 5.59. The number of hydrogen-bond donors (Lipinski definition) is 3. The molecule has 1 heterocycles. The summed E-state index contributed by atoms with van der Waals surface area (Å²) in [7, 11) is 0. The van der Waals surface area contributed by atoms with Gasteiger partial charge in [-0.2, -0.15) is 0 Å². The standard InChI is InChI=1S/C13H24N2O3/c1-3-6-13(7-5-8-14-9-13)12(18)15-10(4-2)11(16)17/h10,14H,3-9H2,1-2H3,(H,15,18)(H,16,17). The average Bonchev–Trinajstić information content (AvgIpc) is 2.36. The summed E-state index contributed by atoms with van der Waals surface area (Å²) in [5.41, 5.74) is -0.421. The third kappa shape index (κ3) is 3.45. The fourth-order valence-electron chi connectivity index (χ4n) is 2.62. The van der Waals surface area contributed by atoms with E-state index in [1.54, 1.807) is 6.92 Å². The van der Waals surface area contributed by atoms with Gasteiger partial charge >= 0.3 is 5.97 Å². The Labute approximate surface area is 108 Å². The topological polar surface area (TPSA) is 78.4 Å². The number of nitrogens with one attached hydrogen (secondary N) is 2. The number of rotatable bonds is 6. The van der Waals surface area contributed by atoms with Crippen LogP contribution in [0.3, 0.4) is 0 Å². The van der Waals surface area contributed by atoms with Crippen LogP contribution in [0.2, 0.25) is 0 Å². The summed E-state index contributed by atoms with van der Waals surface area (Å²) in [6.07, 6.45) is 3.96. The Morgan fingerprint density at radius 3 is 2.61 bits per heavy atom. The molecule has 0 spiro atoms. The molecule has 2 unspecified atom stereocenters. The van der Waals surface area contributed by atoms with Gasteiger partial charge in [0.2, 0.25) is 5.91 Å². The monoisotopic (exact) mass is 256 g/mol. The van der Waals surface area contributed by atoms with Crippen molar-refractivity contribution in [1.29, 1.82) is 0 Å². The molecule has 0 aromatic heterocycles. The summed E-state index contributed by atoms with van der Waals surface area (Å²) in [6.45, 7) is 5.42. The van der Waals surface area contributed by atoms with Gasteiger partial charge in [-0.3, -0.25) is 4.79 Å². The maximum Gasteiger partial charge on any atom is 0.326 e. The molecular weight excluding hydrogens is 232 g/mol. The molecule has 0 aliphatic carbocycles. The Balaban J connectivity index is 2.73. The molecule has 5 nitrogen and oxygen atoms in total. The molecule has 0 aromatic rings. The molecule has 104 valence electrons. The van der Waals surface area contributed by atoms with Crippen molar-refractivity contribution in [2.75, 3.05) is 13.1 Å². The second-order valence-corrected chi connectivity index (χ2v) is 5.08. The molecule has 0 radical (unpaired) electrons. The fourth-order valence-corrected chi connectivity index (χ4v) is 2.62. The van der Waals surface area contributed by atoms with Gasteiger partial charge in [-0.25, -0.2) is 4.79 Å². The van der Waals surface area contributed by atoms with E-state index in [4.69, 9.17) is 5.11 Å². The third-order valence-corrected chi connectivity index (χ3v) is 3.69. The molecule has 1 amide bonds. The highest BCUT2D eigenvalue weighted by Crippen LogP contribution is 2.32. The lowest BCUT2D eigenvalue weighted by atomic mass is 9.76. The summed E-state index contributed by atoms with van der Waals surface area (Å²) >= 11 is 0. The van der Waals surface area contributed by atoms with Crippen molar-refractivity contribution in [3.63, 3.8) is 0 Å². The van der Waals surface area contributed by atoms with Gasteiger partial charge < -0.3 is 15.7 Å². The molecule has 0 aromatic carbocycles. The normalized spacial score (nSPS) is 25.4. The van der Waals surface area contributed by atoms with Crippen LogP contribution in [0.25, 0.3) is 0 Å². The highest BCUT2D eigenvalue weighted by Gasteiger charge is 2.39. The number of hydrogen-bond acceptors (Lipinski definition) is 3. The number of amides is 1. The van der Waals surface area contributed by atoms with Crippen molar-refractivity contribution in [2.45, 2.75) is 52.0 Å². The van der Waals surface area contributed by atoms with E-state index < -0.39 is 17.4 Å². The van der Waals surface area contributed by atoms with Gasteiger partial charge in [0.05, 0.1) is 5.41 Å². The minimum atomic E-state index is -0.957. The van der Waals surface area contributed by atoms with Crippen LogP contribution in [-0.2, 0) is 9.59 Å². The zero-order valence-electron chi connectivity index (χ0n) is 11.3. The van der Waals surface area contributed by atoms with E-state index in [1.807, 2.05) is 0 Å². The van der Waals surface area contributed by atoms with Crippen molar-refractivity contribution < 1.29 is 14.7 Å². The number of aliphatic carboxylic acids is 1. The van der Waals surface area contributed by atoms with Crippen molar-refractivity contribution in [1.82, 2.24) is 10.6 Å². The predicted molar refractivity (Wildman–Crippen MR) is 69.3 cm³/mol. The lowest BCUT2D eigenvalue weighted by Crippen LogP contribution is -2.54. The van der Waals surface area contributed by atoms with Crippen LogP contribution >= 0.6 is 0 Å². The molecule has 0 saturated carbocycles. The second-order valence-electron chi connectivity index (χ2n) is 5.08. The summed E-state index contributed by atoms with van der Waals surface area (Å²) in [5.74, 6) is -1.06. The van der Waals surface area contributed by atoms with Crippen LogP contribution in [0.15, 0.2) is 0 Å². The molecule has 3 N–H and O–H groups in total. The van der Waals surface area contributed by atoms with Crippen molar-refractivity contribution in [3.8, 4) is 0 Å². The van der Waals surface area contributed by atoms with Gasteiger partial charge in [-0.05, 0) is 32.2 Å². The number of carboxylic acid groups (broad SMARTS) is 1. The van der Waals surface area contributed by atoms with Crippen LogP contribution in [0.5, 0.6) is 0 Å². The van der Waals surface area contributed by atoms with Crippen LogP contribution in [0.1, 0.15) is 46.0 Å². The second kappa shape index (κ2) is 6.73. The molecule has 1 saturated heterocycles. The van der Waals surface area contributed by atoms with Crippen LogP contribution in [0.4, 0.5) is 0 Å². The van der Waals surface area contributed by atoms with Gasteiger partial charge in [-0.1, -0.05) is 20.3 Å². The molecule has 2 atom stereocenters. The van der Waals surface area contributed by atoms with E-state index in [2.05, 4.69) is 17.6 Å². The van der Waals surface area contributed by atoms with E-state index in [0.717, 1.165) is 32.2 Å². The Morgan fingerprint density at radius 2 is 2.17 bits per heavy atom. The van der Waals surface area contributed by atoms with Crippen LogP contribution < -0.4 is 10.6 Å². The van der Waals surface area contributed by atoms with Gasteiger partial charge in [0.15, 0.2) is 0 Å². The van der Waals surface area contributed by atoms with Gasteiger partial charge in [0, 0.05) is 6.54 Å². The molecular formula is C13H24N2O3. The predicted octanol–water partition coefficient (Wildman–Crippen LogP) is 1.14. The Bertz CT molecular complexity index is 293. The summed E-state index contributed by atoms with van der Waals surface area (Å²) in [4.78, 5) is 23.3. The quantitative estimate of drug-likeness (QED) is 0.666. The first-order valence-corrected chi connectivity index (χ1v) is 6.80. The van der Waals surface area contributed by atoms with E-state index in [-0.39, 0.29) is 5.91 Å². The maximum atomic E-state index is 12.4. The maximum absolute atomic E-state index is 12.4.